The standard InChI is InChI=1S/C40H31N5O13S3.3Na/c1-57-33-18-22(8-14-31(33)42-44-37-29-13-11-28(59(48,49)50)17-25(29)21-36(40(37)47)61(54,55)56)23-9-15-32(34(19-23)58-2)43-45-38-35(60(51,52)53)20-24-16-27(10-12-30(24)39(38)46)41-26-6-4-3-5-7-26;;;/h3-21,41,46-47H,1-2H3,(H,48,49,50)(H,51,52,53)(H,54,55,56);;;/q;3*+1/p-3. The van der Waals surface area contributed by atoms with Crippen LogP contribution < -0.4 is 103 Å². The molecule has 0 atom stereocenters. The van der Waals surface area contributed by atoms with Crippen LogP contribution >= 0.6 is 0 Å². The molecule has 0 spiro atoms. The van der Waals surface area contributed by atoms with Crippen LogP contribution in [0.3, 0.4) is 0 Å². The molecular weight excluding hydrogens is 924 g/mol. The maximum absolute atomic E-state index is 12.4. The van der Waals surface area contributed by atoms with Gasteiger partial charge in [0.05, 0.1) is 28.9 Å². The van der Waals surface area contributed by atoms with E-state index in [-0.39, 0.29) is 133 Å². The molecule has 0 radical (unpaired) electrons. The van der Waals surface area contributed by atoms with E-state index in [0.29, 0.717) is 16.8 Å². The Kier molecular flexibility index (Phi) is 17.3. The predicted octanol–water partition coefficient (Wildman–Crippen LogP) is -0.613. The van der Waals surface area contributed by atoms with Gasteiger partial charge in [0.2, 0.25) is 0 Å². The van der Waals surface area contributed by atoms with Crippen molar-refractivity contribution in [3.63, 3.8) is 0 Å². The van der Waals surface area contributed by atoms with Crippen molar-refractivity contribution < 1.29 is 147 Å². The summed E-state index contributed by atoms with van der Waals surface area (Å²) in [7, 11) is -12.8. The zero-order chi connectivity index (χ0) is 43.9. The molecule has 0 aliphatic carbocycles. The minimum atomic E-state index is -5.31. The molecule has 0 aliphatic heterocycles. The molecule has 7 rings (SSSR count). The fourth-order valence-corrected chi connectivity index (χ4v) is 8.03. The van der Waals surface area contributed by atoms with Gasteiger partial charge in [0, 0.05) is 22.1 Å². The topological polar surface area (TPSA) is 292 Å². The van der Waals surface area contributed by atoms with Crippen molar-refractivity contribution in [1.29, 1.82) is 0 Å². The summed E-state index contributed by atoms with van der Waals surface area (Å²) in [5.74, 6) is -1.37. The van der Waals surface area contributed by atoms with Gasteiger partial charge in [-0.2, -0.15) is 0 Å². The number of aromatic hydroxyl groups is 2. The van der Waals surface area contributed by atoms with Gasteiger partial charge in [0.25, 0.3) is 0 Å². The van der Waals surface area contributed by atoms with Crippen molar-refractivity contribution in [3.05, 3.63) is 115 Å². The largest absolute Gasteiger partial charge is 1.00 e. The van der Waals surface area contributed by atoms with Gasteiger partial charge in [0.1, 0.15) is 64.6 Å². The van der Waals surface area contributed by atoms with E-state index in [9.17, 15) is 49.1 Å². The summed E-state index contributed by atoms with van der Waals surface area (Å²) in [5.41, 5.74) is 1.47. The summed E-state index contributed by atoms with van der Waals surface area (Å²) in [6.45, 7) is 0. The van der Waals surface area contributed by atoms with Gasteiger partial charge in [-0.1, -0.05) is 36.4 Å². The fraction of sp³-hybridized carbons (Fsp3) is 0.0500. The first kappa shape index (κ1) is 52.6. The second-order valence-electron chi connectivity index (χ2n) is 13.0. The fourth-order valence-electron chi connectivity index (χ4n) is 6.27. The molecule has 3 N–H and O–H groups in total. The summed E-state index contributed by atoms with van der Waals surface area (Å²) >= 11 is 0. The zero-order valence-electron chi connectivity index (χ0n) is 34.4. The van der Waals surface area contributed by atoms with Crippen molar-refractivity contribution in [3.8, 4) is 34.1 Å². The SMILES string of the molecule is COc1cc(-c2ccc(N=Nc3c(O)c(S(=O)(=O)[O-])cc4cc(S(=O)(=O)[O-])ccc34)c(OC)c2)ccc1N=Nc1c(S(=O)(=O)[O-])cc2cc(Nc3ccccc3)ccc2c1O.[Na+].[Na+].[Na+]. The van der Waals surface area contributed by atoms with E-state index in [1.807, 2.05) is 30.3 Å². The maximum Gasteiger partial charge on any atom is 1.00 e. The molecule has 0 amide bonds. The molecule has 0 fully saturated rings. The Labute approximate surface area is 432 Å². The van der Waals surface area contributed by atoms with Crippen molar-refractivity contribution in [1.82, 2.24) is 0 Å². The van der Waals surface area contributed by atoms with Crippen LogP contribution in [0.2, 0.25) is 0 Å². The van der Waals surface area contributed by atoms with Crippen LogP contribution in [0.5, 0.6) is 23.0 Å². The minimum absolute atomic E-state index is 0. The molecule has 0 saturated heterocycles. The number of phenolic OH excluding ortho intramolecular Hbond substituents is 2. The van der Waals surface area contributed by atoms with Gasteiger partial charge in [-0.15, -0.1) is 20.5 Å². The number of rotatable bonds is 12. The Balaban J connectivity index is 0.00000299. The number of nitrogens with one attached hydrogen (secondary N) is 1. The first-order valence-electron chi connectivity index (χ1n) is 17.3. The Hall–Kier alpha value is -4.01. The number of para-hydroxylation sites is 1. The van der Waals surface area contributed by atoms with Crippen LogP contribution in [0, 0.1) is 0 Å². The van der Waals surface area contributed by atoms with Gasteiger partial charge in [0.15, 0.2) is 11.5 Å². The molecule has 18 nitrogen and oxygen atoms in total. The summed E-state index contributed by atoms with van der Waals surface area (Å²) in [6, 6.07) is 27.9. The van der Waals surface area contributed by atoms with Gasteiger partial charge in [-0.05, 0) is 101 Å². The molecule has 312 valence electrons. The van der Waals surface area contributed by atoms with E-state index in [4.69, 9.17) is 9.47 Å². The van der Waals surface area contributed by atoms with Gasteiger partial charge < -0.3 is 38.7 Å². The molecule has 0 aliphatic rings. The van der Waals surface area contributed by atoms with E-state index < -0.39 is 67.9 Å². The van der Waals surface area contributed by atoms with Crippen molar-refractivity contribution in [2.45, 2.75) is 14.7 Å². The van der Waals surface area contributed by atoms with Crippen molar-refractivity contribution in [2.24, 2.45) is 20.5 Å². The number of benzene rings is 7. The monoisotopic (exact) mass is 951 g/mol. The smallest absolute Gasteiger partial charge is 0.744 e. The summed E-state index contributed by atoms with van der Waals surface area (Å²) in [4.78, 5) is -2.63. The Morgan fingerprint density at radius 3 is 1.55 bits per heavy atom. The quantitative estimate of drug-likeness (QED) is 0.0783. The van der Waals surface area contributed by atoms with Crippen LogP contribution in [0.15, 0.2) is 150 Å². The third-order valence-corrected chi connectivity index (χ3v) is 11.7. The zero-order valence-corrected chi connectivity index (χ0v) is 42.8. The summed E-state index contributed by atoms with van der Waals surface area (Å²) < 4.78 is 119. The van der Waals surface area contributed by atoms with Gasteiger partial charge in [-0.25, -0.2) is 25.3 Å². The minimum Gasteiger partial charge on any atom is -0.744 e. The molecule has 0 unspecified atom stereocenters. The van der Waals surface area contributed by atoms with E-state index in [0.717, 1.165) is 36.0 Å². The van der Waals surface area contributed by atoms with E-state index in [1.165, 1.54) is 26.4 Å². The number of anilines is 2. The summed E-state index contributed by atoms with van der Waals surface area (Å²) in [5, 5.41) is 41.5. The molecule has 0 saturated carbocycles. The average Bonchev–Trinajstić information content (AvgIpc) is 3.21. The molecule has 0 bridgehead atoms. The average molecular weight is 952 g/mol. The van der Waals surface area contributed by atoms with Crippen LogP contribution in [0.1, 0.15) is 0 Å². The second kappa shape index (κ2) is 21.1. The number of ether oxygens (including phenoxy) is 2. The molecule has 0 heterocycles. The number of azo groups is 2. The molecule has 24 heteroatoms. The van der Waals surface area contributed by atoms with Crippen molar-refractivity contribution in [2.75, 3.05) is 19.5 Å². The van der Waals surface area contributed by atoms with E-state index >= 15 is 0 Å². The van der Waals surface area contributed by atoms with Crippen LogP contribution in [-0.4, -0.2) is 63.3 Å². The maximum atomic E-state index is 12.4. The third-order valence-electron chi connectivity index (χ3n) is 9.17. The van der Waals surface area contributed by atoms with E-state index in [1.54, 1.807) is 42.5 Å². The Morgan fingerprint density at radius 1 is 0.500 bits per heavy atom. The normalized spacial score (nSPS) is 11.8. The molecule has 64 heavy (non-hydrogen) atoms. The van der Waals surface area contributed by atoms with Gasteiger partial charge in [-0.3, -0.25) is 0 Å². The number of nitrogens with zero attached hydrogens (tertiary/aromatic N) is 4. The first-order chi connectivity index (χ1) is 28.8. The number of hydrogen-bond acceptors (Lipinski definition) is 18. The third kappa shape index (κ3) is 11.5. The Morgan fingerprint density at radius 2 is 1.02 bits per heavy atom. The number of methoxy groups -OCH3 is 2. The first-order valence-corrected chi connectivity index (χ1v) is 21.6. The molecule has 0 aromatic heterocycles. The Bertz CT molecular complexity index is 3330. The van der Waals surface area contributed by atoms with Crippen LogP contribution in [0.4, 0.5) is 34.1 Å². The van der Waals surface area contributed by atoms with E-state index in [2.05, 4.69) is 25.8 Å². The number of phenols is 2. The second-order valence-corrected chi connectivity index (χ2v) is 17.1. The van der Waals surface area contributed by atoms with Gasteiger partial charge >= 0.3 is 88.7 Å². The van der Waals surface area contributed by atoms with Crippen molar-refractivity contribution >= 4 is 86.0 Å². The van der Waals surface area contributed by atoms with Crippen LogP contribution in [0.25, 0.3) is 32.7 Å². The molecular formula is C40H28N5Na3O13S3. The molecule has 7 aromatic rings. The summed E-state index contributed by atoms with van der Waals surface area (Å²) in [6.07, 6.45) is 0. The molecule has 7 aromatic carbocycles. The number of hydrogen-bond donors (Lipinski definition) is 3. The predicted molar refractivity (Wildman–Crippen MR) is 218 cm³/mol. The number of fused-ring (bicyclic) bond motifs is 2. The van der Waals surface area contributed by atoms with Crippen LogP contribution in [-0.2, 0) is 30.4 Å².